The quantitative estimate of drug-likeness (QED) is 0.316. The van der Waals surface area contributed by atoms with Crippen LogP contribution in [0.1, 0.15) is 0 Å². The smallest absolute Gasteiger partial charge is 0.372 e. The van der Waals surface area contributed by atoms with Crippen molar-refractivity contribution in [2.24, 2.45) is 0 Å². The zero-order valence-electron chi connectivity index (χ0n) is 11.0. The summed E-state index contributed by atoms with van der Waals surface area (Å²) < 4.78 is 13.8. The Labute approximate surface area is 114 Å². The third-order valence-corrected chi connectivity index (χ3v) is 2.78. The number of rotatable bonds is 4. The van der Waals surface area contributed by atoms with Crippen LogP contribution >= 0.6 is 0 Å². The third-order valence-electron chi connectivity index (χ3n) is 2.78. The molecular weight excluding hydrogens is 272 g/mol. The molecule has 1 aliphatic carbocycles. The summed E-state index contributed by atoms with van der Waals surface area (Å²) in [6.45, 7) is 3.29. The molecule has 20 heavy (non-hydrogen) atoms. The molecule has 0 fully saturated rings. The second-order valence-electron chi connectivity index (χ2n) is 4.04. The first-order valence-corrected chi connectivity index (χ1v) is 5.61. The molecule has 0 heterocycles. The van der Waals surface area contributed by atoms with Gasteiger partial charge in [0, 0.05) is 0 Å². The summed E-state index contributed by atoms with van der Waals surface area (Å²) >= 11 is 0. The summed E-state index contributed by atoms with van der Waals surface area (Å²) in [5.74, 6) is -2.17. The van der Waals surface area contributed by atoms with E-state index in [9.17, 15) is 24.9 Å². The van der Waals surface area contributed by atoms with Crippen molar-refractivity contribution in [1.82, 2.24) is 0 Å². The van der Waals surface area contributed by atoms with Crippen molar-refractivity contribution in [2.45, 2.75) is 24.4 Å². The van der Waals surface area contributed by atoms with Gasteiger partial charge < -0.3 is 29.5 Å². The molecule has 0 radical (unpaired) electrons. The van der Waals surface area contributed by atoms with Gasteiger partial charge in [-0.2, -0.15) is 0 Å². The minimum absolute atomic E-state index is 0.284. The van der Waals surface area contributed by atoms with E-state index in [1.165, 1.54) is 0 Å². The lowest BCUT2D eigenvalue weighted by Gasteiger charge is -2.33. The molecule has 0 aliphatic heterocycles. The highest BCUT2D eigenvalue weighted by atomic mass is 16.6. The lowest BCUT2D eigenvalue weighted by Crippen LogP contribution is -2.50. The summed E-state index contributed by atoms with van der Waals surface area (Å²) in [5.41, 5.74) is -0.284. The van der Waals surface area contributed by atoms with Gasteiger partial charge in [-0.3, -0.25) is 0 Å². The molecule has 0 aromatic carbocycles. The highest BCUT2D eigenvalue weighted by Gasteiger charge is 2.41. The molecule has 3 N–H and O–H groups in total. The number of aliphatic hydroxyl groups is 3. The Hall–Kier alpha value is -1.90. The second-order valence-corrected chi connectivity index (χ2v) is 4.04. The van der Waals surface area contributed by atoms with Gasteiger partial charge in [0.05, 0.1) is 19.8 Å². The van der Waals surface area contributed by atoms with Crippen LogP contribution in [0, 0.1) is 0 Å². The standard InChI is InChI=1S/C12H16O8/c1-5(11(16)18-2)20-7-4-6(12(17)19-3)8(13)10(15)9(7)14/h4,7-10,13-15H,1H2,2-3H3/t7-,8+,9+,10-/m1/s1. The van der Waals surface area contributed by atoms with E-state index in [4.69, 9.17) is 4.74 Å². The van der Waals surface area contributed by atoms with Crippen LogP contribution in [0.15, 0.2) is 24.0 Å². The topological polar surface area (TPSA) is 123 Å². The maximum Gasteiger partial charge on any atom is 0.372 e. The molecule has 1 aliphatic rings. The minimum Gasteiger partial charge on any atom is -0.477 e. The SMILES string of the molecule is C=C(O[C@@H]1C=C(C(=O)OC)[C@H](O)[C@@H](O)[C@H]1O)C(=O)OC. The van der Waals surface area contributed by atoms with Crippen molar-refractivity contribution in [3.63, 3.8) is 0 Å². The Morgan fingerprint density at radius 1 is 1.15 bits per heavy atom. The maximum absolute atomic E-state index is 11.4. The minimum atomic E-state index is -1.68. The highest BCUT2D eigenvalue weighted by molar-refractivity contribution is 5.90. The zero-order valence-corrected chi connectivity index (χ0v) is 11.0. The van der Waals surface area contributed by atoms with E-state index in [1.54, 1.807) is 0 Å². The van der Waals surface area contributed by atoms with E-state index in [0.29, 0.717) is 0 Å². The Balaban J connectivity index is 2.99. The molecule has 1 rings (SSSR count). The van der Waals surface area contributed by atoms with E-state index in [0.717, 1.165) is 20.3 Å². The Morgan fingerprint density at radius 3 is 2.25 bits per heavy atom. The number of esters is 2. The van der Waals surface area contributed by atoms with Crippen LogP contribution in [-0.4, -0.2) is 65.9 Å². The van der Waals surface area contributed by atoms with Gasteiger partial charge in [-0.05, 0) is 12.7 Å². The van der Waals surface area contributed by atoms with Crippen LogP contribution in [0.5, 0.6) is 0 Å². The molecule has 8 heteroatoms. The lowest BCUT2D eigenvalue weighted by atomic mass is 9.89. The van der Waals surface area contributed by atoms with Crippen molar-refractivity contribution >= 4 is 11.9 Å². The van der Waals surface area contributed by atoms with E-state index >= 15 is 0 Å². The van der Waals surface area contributed by atoms with E-state index in [-0.39, 0.29) is 5.57 Å². The molecule has 112 valence electrons. The van der Waals surface area contributed by atoms with Crippen molar-refractivity contribution in [3.8, 4) is 0 Å². The van der Waals surface area contributed by atoms with E-state index in [2.05, 4.69) is 16.1 Å². The third kappa shape index (κ3) is 3.16. The Kier molecular flexibility index (Phi) is 5.26. The maximum atomic E-state index is 11.4. The molecule has 0 bridgehead atoms. The Morgan fingerprint density at radius 2 is 1.75 bits per heavy atom. The molecule has 8 nitrogen and oxygen atoms in total. The van der Waals surface area contributed by atoms with Gasteiger partial charge in [0.15, 0.2) is 5.76 Å². The first-order chi connectivity index (χ1) is 9.33. The lowest BCUT2D eigenvalue weighted by molar-refractivity contribution is -0.147. The summed E-state index contributed by atoms with van der Waals surface area (Å²) in [6.07, 6.45) is -5.05. The van der Waals surface area contributed by atoms with Gasteiger partial charge in [-0.1, -0.05) is 0 Å². The van der Waals surface area contributed by atoms with E-state index < -0.39 is 42.1 Å². The number of hydrogen-bond acceptors (Lipinski definition) is 8. The molecule has 0 saturated carbocycles. The van der Waals surface area contributed by atoms with Gasteiger partial charge in [-0.15, -0.1) is 0 Å². The number of aliphatic hydroxyl groups excluding tert-OH is 3. The first kappa shape index (κ1) is 16.2. The van der Waals surface area contributed by atoms with Gasteiger partial charge in [0.25, 0.3) is 0 Å². The fraction of sp³-hybridized carbons (Fsp3) is 0.500. The van der Waals surface area contributed by atoms with Gasteiger partial charge >= 0.3 is 11.9 Å². The number of ether oxygens (including phenoxy) is 3. The molecule has 0 saturated heterocycles. The first-order valence-electron chi connectivity index (χ1n) is 5.61. The highest BCUT2D eigenvalue weighted by Crippen LogP contribution is 2.24. The van der Waals surface area contributed by atoms with Crippen molar-refractivity contribution in [2.75, 3.05) is 14.2 Å². The van der Waals surface area contributed by atoms with Crippen LogP contribution in [0.3, 0.4) is 0 Å². The van der Waals surface area contributed by atoms with Crippen LogP contribution < -0.4 is 0 Å². The number of hydrogen-bond donors (Lipinski definition) is 3. The summed E-state index contributed by atoms with van der Waals surface area (Å²) in [5, 5.41) is 29.1. The molecule has 0 aromatic rings. The summed E-state index contributed by atoms with van der Waals surface area (Å²) in [7, 11) is 2.21. The molecule has 0 amide bonds. The van der Waals surface area contributed by atoms with Gasteiger partial charge in [-0.25, -0.2) is 9.59 Å². The number of carbonyl (C=O) groups is 2. The average Bonchev–Trinajstić information content (AvgIpc) is 2.45. The fourth-order valence-electron chi connectivity index (χ4n) is 1.68. The normalized spacial score (nSPS) is 29.1. The molecule has 4 atom stereocenters. The van der Waals surface area contributed by atoms with Crippen molar-refractivity contribution in [1.29, 1.82) is 0 Å². The molecule has 0 spiro atoms. The van der Waals surface area contributed by atoms with Crippen molar-refractivity contribution < 1.29 is 39.1 Å². The van der Waals surface area contributed by atoms with Crippen LogP contribution in [0.4, 0.5) is 0 Å². The largest absolute Gasteiger partial charge is 0.477 e. The van der Waals surface area contributed by atoms with Crippen LogP contribution in [-0.2, 0) is 23.8 Å². The van der Waals surface area contributed by atoms with Crippen LogP contribution in [0.25, 0.3) is 0 Å². The summed E-state index contributed by atoms with van der Waals surface area (Å²) in [6, 6.07) is 0. The summed E-state index contributed by atoms with van der Waals surface area (Å²) in [4.78, 5) is 22.6. The zero-order chi connectivity index (χ0) is 15.4. The second kappa shape index (κ2) is 6.51. The number of methoxy groups -OCH3 is 2. The van der Waals surface area contributed by atoms with E-state index in [1.807, 2.05) is 0 Å². The molecular formula is C12H16O8. The monoisotopic (exact) mass is 288 g/mol. The average molecular weight is 288 g/mol. The number of carbonyl (C=O) groups excluding carboxylic acids is 2. The fourth-order valence-corrected chi connectivity index (χ4v) is 1.68. The predicted molar refractivity (Wildman–Crippen MR) is 64.1 cm³/mol. The van der Waals surface area contributed by atoms with Crippen molar-refractivity contribution in [3.05, 3.63) is 24.0 Å². The predicted octanol–water partition coefficient (Wildman–Crippen LogP) is -1.75. The molecule has 0 aromatic heterocycles. The van der Waals surface area contributed by atoms with Gasteiger partial charge in [0.2, 0.25) is 0 Å². The Bertz CT molecular complexity index is 441. The molecule has 0 unspecified atom stereocenters. The van der Waals surface area contributed by atoms with Crippen LogP contribution in [0.2, 0.25) is 0 Å². The van der Waals surface area contributed by atoms with Gasteiger partial charge in [0.1, 0.15) is 24.4 Å².